The first kappa shape index (κ1) is 13.0. The topological polar surface area (TPSA) is 47.9 Å². The Kier molecular flexibility index (Phi) is 3.51. The summed E-state index contributed by atoms with van der Waals surface area (Å²) in [6, 6.07) is 8.53. The number of halogens is 1. The smallest absolute Gasteiger partial charge is 0.101 e. The molecule has 1 aliphatic carbocycles. The molecule has 4 heteroatoms. The molecule has 1 saturated heterocycles. The van der Waals surface area contributed by atoms with Crippen molar-refractivity contribution in [1.29, 1.82) is 5.26 Å². The molecule has 2 fully saturated rings. The highest BCUT2D eigenvalue weighted by Crippen LogP contribution is 2.39. The van der Waals surface area contributed by atoms with E-state index < -0.39 is 0 Å². The molecule has 1 aromatic rings. The quantitative estimate of drug-likeness (QED) is 0.878. The molecule has 19 heavy (non-hydrogen) atoms. The van der Waals surface area contributed by atoms with Gasteiger partial charge < -0.3 is 10.6 Å². The van der Waals surface area contributed by atoms with Gasteiger partial charge >= 0.3 is 0 Å². The molecule has 0 bridgehead atoms. The van der Waals surface area contributed by atoms with E-state index in [2.05, 4.69) is 32.6 Å². The van der Waals surface area contributed by atoms with Crippen LogP contribution in [0.5, 0.6) is 0 Å². The van der Waals surface area contributed by atoms with Crippen LogP contribution >= 0.6 is 15.9 Å². The average molecular weight is 320 g/mol. The molecular weight excluding hydrogens is 302 g/mol. The van der Waals surface area contributed by atoms with Gasteiger partial charge in [-0.1, -0.05) is 15.9 Å². The molecule has 1 atom stereocenters. The van der Waals surface area contributed by atoms with Crippen molar-refractivity contribution in [2.75, 3.05) is 11.9 Å². The zero-order chi connectivity index (χ0) is 13.3. The van der Waals surface area contributed by atoms with Crippen LogP contribution < -0.4 is 10.6 Å². The standard InChI is InChI=1S/C15H18BrN3/c16-12-3-2-11(10-17)14(8-12)19-13-4-7-18-15(9-13)5-1-6-15/h2-3,8,13,18-19H,1,4-7,9H2. The summed E-state index contributed by atoms with van der Waals surface area (Å²) >= 11 is 3.48. The Morgan fingerprint density at radius 2 is 2.26 bits per heavy atom. The van der Waals surface area contributed by atoms with Crippen LogP contribution in [-0.4, -0.2) is 18.1 Å². The Hall–Kier alpha value is -1.05. The Labute approximate surface area is 122 Å². The lowest BCUT2D eigenvalue weighted by atomic mass is 9.70. The molecule has 0 amide bonds. The Morgan fingerprint density at radius 1 is 1.42 bits per heavy atom. The van der Waals surface area contributed by atoms with Gasteiger partial charge in [0.1, 0.15) is 6.07 Å². The third kappa shape index (κ3) is 2.63. The average Bonchev–Trinajstić information content (AvgIpc) is 2.37. The van der Waals surface area contributed by atoms with Crippen molar-refractivity contribution < 1.29 is 0 Å². The molecule has 1 saturated carbocycles. The largest absolute Gasteiger partial charge is 0.381 e. The predicted octanol–water partition coefficient (Wildman–Crippen LogP) is 3.41. The number of benzene rings is 1. The van der Waals surface area contributed by atoms with E-state index >= 15 is 0 Å². The Morgan fingerprint density at radius 3 is 2.95 bits per heavy atom. The van der Waals surface area contributed by atoms with Gasteiger partial charge in [-0.2, -0.15) is 5.26 Å². The maximum Gasteiger partial charge on any atom is 0.101 e. The van der Waals surface area contributed by atoms with Gasteiger partial charge in [0, 0.05) is 16.1 Å². The number of rotatable bonds is 2. The normalized spacial score (nSPS) is 24.5. The van der Waals surface area contributed by atoms with Crippen molar-refractivity contribution in [1.82, 2.24) is 5.32 Å². The summed E-state index contributed by atoms with van der Waals surface area (Å²) in [6.07, 6.45) is 6.24. The first-order chi connectivity index (χ1) is 9.21. The maximum absolute atomic E-state index is 9.18. The van der Waals surface area contributed by atoms with Crippen LogP contribution in [0.25, 0.3) is 0 Å². The number of nitriles is 1. The zero-order valence-corrected chi connectivity index (χ0v) is 12.5. The number of anilines is 1. The predicted molar refractivity (Wildman–Crippen MR) is 80.1 cm³/mol. The van der Waals surface area contributed by atoms with E-state index in [0.29, 0.717) is 11.6 Å². The summed E-state index contributed by atoms with van der Waals surface area (Å²) in [6.45, 7) is 1.08. The van der Waals surface area contributed by atoms with Gasteiger partial charge in [-0.15, -0.1) is 0 Å². The van der Waals surface area contributed by atoms with Crippen molar-refractivity contribution in [3.05, 3.63) is 28.2 Å². The van der Waals surface area contributed by atoms with Gasteiger partial charge in [0.2, 0.25) is 0 Å². The first-order valence-electron chi connectivity index (χ1n) is 6.92. The molecular formula is C15H18BrN3. The van der Waals surface area contributed by atoms with E-state index in [4.69, 9.17) is 0 Å². The Balaban J connectivity index is 1.74. The molecule has 1 unspecified atom stereocenters. The highest BCUT2D eigenvalue weighted by Gasteiger charge is 2.40. The zero-order valence-electron chi connectivity index (χ0n) is 10.9. The van der Waals surface area contributed by atoms with Gasteiger partial charge in [0.05, 0.1) is 11.3 Å². The van der Waals surface area contributed by atoms with E-state index in [1.807, 2.05) is 18.2 Å². The Bertz CT molecular complexity index is 517. The summed E-state index contributed by atoms with van der Waals surface area (Å²) in [7, 11) is 0. The number of nitrogens with zero attached hydrogens (tertiary/aromatic N) is 1. The summed E-state index contributed by atoms with van der Waals surface area (Å²) in [4.78, 5) is 0. The van der Waals surface area contributed by atoms with Crippen LogP contribution in [0.1, 0.15) is 37.7 Å². The van der Waals surface area contributed by atoms with E-state index in [-0.39, 0.29) is 0 Å². The highest BCUT2D eigenvalue weighted by atomic mass is 79.9. The lowest BCUT2D eigenvalue weighted by molar-refractivity contribution is 0.135. The minimum absolute atomic E-state index is 0.384. The molecule has 1 aromatic carbocycles. The van der Waals surface area contributed by atoms with Crippen molar-refractivity contribution in [2.45, 2.75) is 43.7 Å². The molecule has 1 heterocycles. The molecule has 0 aromatic heterocycles. The minimum atomic E-state index is 0.384. The van der Waals surface area contributed by atoms with E-state index in [9.17, 15) is 5.26 Å². The van der Waals surface area contributed by atoms with Gasteiger partial charge in [-0.3, -0.25) is 0 Å². The second kappa shape index (κ2) is 5.15. The monoisotopic (exact) mass is 319 g/mol. The third-order valence-corrected chi connectivity index (χ3v) is 4.90. The number of hydrogen-bond acceptors (Lipinski definition) is 3. The van der Waals surface area contributed by atoms with Crippen molar-refractivity contribution in [3.8, 4) is 6.07 Å². The fourth-order valence-electron chi connectivity index (χ4n) is 3.22. The summed E-state index contributed by atoms with van der Waals surface area (Å²) in [5, 5.41) is 16.4. The minimum Gasteiger partial charge on any atom is -0.381 e. The second-order valence-corrected chi connectivity index (χ2v) is 6.61. The lowest BCUT2D eigenvalue weighted by Gasteiger charge is -2.48. The van der Waals surface area contributed by atoms with Crippen LogP contribution in [0.3, 0.4) is 0 Å². The van der Waals surface area contributed by atoms with Crippen LogP contribution in [0.2, 0.25) is 0 Å². The fourth-order valence-corrected chi connectivity index (χ4v) is 3.58. The van der Waals surface area contributed by atoms with E-state index in [1.54, 1.807) is 0 Å². The molecule has 100 valence electrons. The van der Waals surface area contributed by atoms with E-state index in [1.165, 1.54) is 25.7 Å². The molecule has 2 N–H and O–H groups in total. The summed E-state index contributed by atoms with van der Waals surface area (Å²) in [5.74, 6) is 0. The number of nitrogens with one attached hydrogen (secondary N) is 2. The molecule has 0 radical (unpaired) electrons. The van der Waals surface area contributed by atoms with Gasteiger partial charge in [-0.25, -0.2) is 0 Å². The lowest BCUT2D eigenvalue weighted by Crippen LogP contribution is -2.58. The number of piperidine rings is 1. The summed E-state index contributed by atoms with van der Waals surface area (Å²) in [5.41, 5.74) is 2.07. The third-order valence-electron chi connectivity index (χ3n) is 4.40. The summed E-state index contributed by atoms with van der Waals surface area (Å²) < 4.78 is 1.02. The van der Waals surface area contributed by atoms with Crippen molar-refractivity contribution in [2.24, 2.45) is 0 Å². The molecule has 1 aliphatic heterocycles. The van der Waals surface area contributed by atoms with Crippen LogP contribution in [-0.2, 0) is 0 Å². The van der Waals surface area contributed by atoms with E-state index in [0.717, 1.165) is 28.7 Å². The highest BCUT2D eigenvalue weighted by molar-refractivity contribution is 9.10. The molecule has 1 spiro atoms. The number of hydrogen-bond donors (Lipinski definition) is 2. The van der Waals surface area contributed by atoms with Gasteiger partial charge in [0.25, 0.3) is 0 Å². The van der Waals surface area contributed by atoms with Crippen LogP contribution in [0.4, 0.5) is 5.69 Å². The van der Waals surface area contributed by atoms with Crippen molar-refractivity contribution in [3.63, 3.8) is 0 Å². The van der Waals surface area contributed by atoms with Crippen LogP contribution in [0.15, 0.2) is 22.7 Å². The molecule has 2 aliphatic rings. The van der Waals surface area contributed by atoms with Crippen LogP contribution in [0, 0.1) is 11.3 Å². The first-order valence-corrected chi connectivity index (χ1v) is 7.71. The molecule has 3 rings (SSSR count). The maximum atomic E-state index is 9.18. The van der Waals surface area contributed by atoms with Gasteiger partial charge in [-0.05, 0) is 56.8 Å². The van der Waals surface area contributed by atoms with Crippen molar-refractivity contribution >= 4 is 21.6 Å². The molecule has 3 nitrogen and oxygen atoms in total. The van der Waals surface area contributed by atoms with Gasteiger partial charge in [0.15, 0.2) is 0 Å². The second-order valence-electron chi connectivity index (χ2n) is 5.70. The SMILES string of the molecule is N#Cc1ccc(Br)cc1NC1CCNC2(CCC2)C1. The fraction of sp³-hybridized carbons (Fsp3) is 0.533.